The Morgan fingerprint density at radius 1 is 0.857 bits per heavy atom. The van der Waals surface area contributed by atoms with Gasteiger partial charge in [-0.25, -0.2) is 9.59 Å². The van der Waals surface area contributed by atoms with Gasteiger partial charge in [0.2, 0.25) is 0 Å². The predicted molar refractivity (Wildman–Crippen MR) is 154 cm³/mol. The zero-order chi connectivity index (χ0) is 30.1. The molecule has 1 amide bonds. The number of aryl methyl sites for hydroxylation is 1. The van der Waals surface area contributed by atoms with Gasteiger partial charge in [0.1, 0.15) is 22.7 Å². The maximum absolute atomic E-state index is 14.4. The highest BCUT2D eigenvalue weighted by Gasteiger charge is 2.37. The maximum Gasteiger partial charge on any atom is 0.342 e. The van der Waals surface area contributed by atoms with E-state index in [0.717, 1.165) is 5.56 Å². The molecule has 3 aromatic carbocycles. The number of fused-ring (bicyclic) bond motifs is 4. The first kappa shape index (κ1) is 28.4. The number of amides is 1. The molecule has 4 aromatic rings. The van der Waals surface area contributed by atoms with Crippen molar-refractivity contribution in [3.8, 4) is 5.75 Å². The van der Waals surface area contributed by atoms with Gasteiger partial charge in [0.05, 0.1) is 36.5 Å². The van der Waals surface area contributed by atoms with Gasteiger partial charge in [-0.15, -0.1) is 0 Å². The van der Waals surface area contributed by atoms with E-state index in [2.05, 4.69) is 0 Å². The van der Waals surface area contributed by atoms with Crippen LogP contribution < -0.4 is 0 Å². The first-order valence-corrected chi connectivity index (χ1v) is 13.5. The van der Waals surface area contributed by atoms with Crippen molar-refractivity contribution in [1.29, 1.82) is 0 Å². The van der Waals surface area contributed by atoms with Crippen molar-refractivity contribution in [3.63, 3.8) is 0 Å². The third-order valence-corrected chi connectivity index (χ3v) is 7.17. The fourth-order valence-corrected chi connectivity index (χ4v) is 5.29. The number of furan rings is 1. The molecule has 0 saturated heterocycles. The van der Waals surface area contributed by atoms with E-state index in [0.29, 0.717) is 0 Å². The summed E-state index contributed by atoms with van der Waals surface area (Å²) in [5.74, 6) is -3.03. The number of phenolic OH excluding ortho intramolecular Hbond substituents is 1. The minimum Gasteiger partial charge on any atom is -0.507 e. The second-order valence-corrected chi connectivity index (χ2v) is 9.71. The molecule has 0 saturated carbocycles. The van der Waals surface area contributed by atoms with Crippen LogP contribution in [0.1, 0.15) is 74.3 Å². The van der Waals surface area contributed by atoms with E-state index in [4.69, 9.17) is 13.9 Å². The lowest BCUT2D eigenvalue weighted by Gasteiger charge is -2.26. The van der Waals surface area contributed by atoms with Crippen molar-refractivity contribution in [1.82, 2.24) is 4.90 Å². The fraction of sp³-hybridized carbons (Fsp3) is 0.212. The predicted octanol–water partition coefficient (Wildman–Crippen LogP) is 5.80. The Balaban J connectivity index is 1.93. The highest BCUT2D eigenvalue weighted by atomic mass is 16.5. The molecule has 0 aliphatic carbocycles. The van der Waals surface area contributed by atoms with Gasteiger partial charge < -0.3 is 23.9 Å². The molecule has 1 aliphatic rings. The van der Waals surface area contributed by atoms with E-state index in [1.54, 1.807) is 39.8 Å². The van der Waals surface area contributed by atoms with Gasteiger partial charge in [-0.3, -0.25) is 9.59 Å². The van der Waals surface area contributed by atoms with Crippen molar-refractivity contribution in [3.05, 3.63) is 106 Å². The normalized spacial score (nSPS) is 15.0. The third-order valence-electron chi connectivity index (χ3n) is 7.17. The number of esters is 2. The summed E-state index contributed by atoms with van der Waals surface area (Å²) in [7, 11) is 0. The number of rotatable bonds is 6. The van der Waals surface area contributed by atoms with Gasteiger partial charge >= 0.3 is 11.9 Å². The van der Waals surface area contributed by atoms with E-state index >= 15 is 0 Å². The highest BCUT2D eigenvalue weighted by molar-refractivity contribution is 6.29. The number of hydrogen-bond acceptors (Lipinski definition) is 8. The SMILES string of the molecule is CCOC(=O)/C1=C(\C)N(Cc2ccccc2)C(=O)c2ccccc2C(=O)c2c1c(O)cc1c(C(=O)OCC)c(C)oc21. The average molecular weight is 568 g/mol. The minimum atomic E-state index is -0.843. The number of ketones is 1. The Kier molecular flexibility index (Phi) is 7.67. The Morgan fingerprint density at radius 2 is 1.48 bits per heavy atom. The van der Waals surface area contributed by atoms with E-state index in [9.17, 15) is 24.3 Å². The van der Waals surface area contributed by atoms with Crippen LogP contribution >= 0.6 is 0 Å². The summed E-state index contributed by atoms with van der Waals surface area (Å²) in [5.41, 5.74) is 0.588. The van der Waals surface area contributed by atoms with E-state index in [1.165, 1.54) is 23.1 Å². The molecular formula is C33H29NO8. The number of carbonyl (C=O) groups is 4. The molecule has 214 valence electrons. The van der Waals surface area contributed by atoms with Crippen LogP contribution in [0.2, 0.25) is 0 Å². The lowest BCUT2D eigenvalue weighted by molar-refractivity contribution is -0.136. The summed E-state index contributed by atoms with van der Waals surface area (Å²) in [5, 5.41) is 11.7. The van der Waals surface area contributed by atoms with E-state index in [-0.39, 0.29) is 75.6 Å². The fourth-order valence-electron chi connectivity index (χ4n) is 5.29. The Hall–Kier alpha value is -5.18. The van der Waals surface area contributed by atoms with Crippen LogP contribution in [0, 0.1) is 6.92 Å². The number of phenols is 1. The lowest BCUT2D eigenvalue weighted by Crippen LogP contribution is -2.31. The van der Waals surface area contributed by atoms with Crippen LogP contribution in [0.25, 0.3) is 16.5 Å². The molecule has 2 heterocycles. The molecule has 0 unspecified atom stereocenters. The van der Waals surface area contributed by atoms with Crippen molar-refractivity contribution in [2.45, 2.75) is 34.2 Å². The van der Waals surface area contributed by atoms with Gasteiger partial charge in [0.15, 0.2) is 5.78 Å². The molecule has 1 aliphatic heterocycles. The van der Waals surface area contributed by atoms with Crippen LogP contribution in [0.5, 0.6) is 5.75 Å². The van der Waals surface area contributed by atoms with Crippen molar-refractivity contribution in [2.24, 2.45) is 0 Å². The number of hydrogen-bond donors (Lipinski definition) is 1. The number of benzene rings is 3. The topological polar surface area (TPSA) is 123 Å². The summed E-state index contributed by atoms with van der Waals surface area (Å²) in [6, 6.07) is 16.8. The number of aromatic hydroxyl groups is 1. The molecule has 1 N–H and O–H groups in total. The van der Waals surface area contributed by atoms with Crippen LogP contribution in [-0.4, -0.2) is 46.8 Å². The zero-order valence-electron chi connectivity index (χ0n) is 23.6. The second kappa shape index (κ2) is 11.4. The Morgan fingerprint density at radius 3 is 2.14 bits per heavy atom. The van der Waals surface area contributed by atoms with E-state index in [1.807, 2.05) is 30.3 Å². The number of allylic oxidation sites excluding steroid dienone is 1. The van der Waals surface area contributed by atoms with Gasteiger partial charge in [0.25, 0.3) is 5.91 Å². The Bertz CT molecular complexity index is 1780. The van der Waals surface area contributed by atoms with Crippen molar-refractivity contribution in [2.75, 3.05) is 13.2 Å². The van der Waals surface area contributed by atoms with Crippen LogP contribution in [0.15, 0.2) is 70.8 Å². The first-order valence-electron chi connectivity index (χ1n) is 13.5. The minimum absolute atomic E-state index is 0.00161. The summed E-state index contributed by atoms with van der Waals surface area (Å²) in [6.45, 7) is 6.57. The molecule has 0 radical (unpaired) electrons. The molecular weight excluding hydrogens is 538 g/mol. The zero-order valence-corrected chi connectivity index (χ0v) is 23.6. The number of ether oxygens (including phenoxy) is 2. The van der Waals surface area contributed by atoms with Gasteiger partial charge in [-0.2, -0.15) is 0 Å². The molecule has 9 nitrogen and oxygen atoms in total. The highest BCUT2D eigenvalue weighted by Crippen LogP contribution is 2.43. The second-order valence-electron chi connectivity index (χ2n) is 9.71. The van der Waals surface area contributed by atoms with Gasteiger partial charge in [-0.1, -0.05) is 48.5 Å². The summed E-state index contributed by atoms with van der Waals surface area (Å²) in [6.07, 6.45) is 0. The maximum atomic E-state index is 14.4. The van der Waals surface area contributed by atoms with Crippen molar-refractivity contribution < 1.29 is 38.2 Å². The van der Waals surface area contributed by atoms with Crippen LogP contribution in [-0.2, 0) is 20.8 Å². The molecule has 0 atom stereocenters. The molecule has 1 aromatic heterocycles. The quantitative estimate of drug-likeness (QED) is 0.290. The molecule has 0 bridgehead atoms. The summed E-state index contributed by atoms with van der Waals surface area (Å²) in [4.78, 5) is 56.5. The monoisotopic (exact) mass is 567 g/mol. The van der Waals surface area contributed by atoms with Crippen LogP contribution in [0.3, 0.4) is 0 Å². The van der Waals surface area contributed by atoms with Crippen molar-refractivity contribution >= 4 is 40.2 Å². The lowest BCUT2D eigenvalue weighted by atomic mass is 9.89. The Labute approximate surface area is 241 Å². The summed E-state index contributed by atoms with van der Waals surface area (Å²) >= 11 is 0. The largest absolute Gasteiger partial charge is 0.507 e. The smallest absolute Gasteiger partial charge is 0.342 e. The first-order chi connectivity index (χ1) is 20.2. The molecule has 0 spiro atoms. The molecule has 9 heteroatoms. The summed E-state index contributed by atoms with van der Waals surface area (Å²) < 4.78 is 16.6. The number of nitrogens with zero attached hydrogens (tertiary/aromatic N) is 1. The average Bonchev–Trinajstić information content (AvgIpc) is 3.31. The standard InChI is InChI=1S/C33H29NO8/c1-5-40-32(38)25-18(3)34(17-20-12-8-7-9-13-20)31(37)22-15-11-10-14-21(22)29(36)28-27(25)24(35)16-23-26(33(39)41-6-2)19(4)42-30(23)28/h7-16,35H,5-6,17H2,1-4H3/b25-18+. The van der Waals surface area contributed by atoms with Gasteiger partial charge in [-0.05, 0) is 45.4 Å². The molecule has 5 rings (SSSR count). The third kappa shape index (κ3) is 4.72. The molecule has 42 heavy (non-hydrogen) atoms. The van der Waals surface area contributed by atoms with Gasteiger partial charge in [0, 0.05) is 22.2 Å². The van der Waals surface area contributed by atoms with E-state index < -0.39 is 29.4 Å². The molecule has 0 fully saturated rings. The van der Waals surface area contributed by atoms with Crippen LogP contribution in [0.4, 0.5) is 0 Å². The number of carbonyl (C=O) groups excluding carboxylic acids is 4.